The summed E-state index contributed by atoms with van der Waals surface area (Å²) in [4.78, 5) is 12.9. The highest BCUT2D eigenvalue weighted by atomic mass is 35.5. The average molecular weight is 246 g/mol. The van der Waals surface area contributed by atoms with Gasteiger partial charge in [0.25, 0.3) is 0 Å². The summed E-state index contributed by atoms with van der Waals surface area (Å²) in [6.07, 6.45) is 0. The minimum Gasteiger partial charge on any atom is -0.468 e. The molecule has 0 fully saturated rings. The van der Waals surface area contributed by atoms with Crippen LogP contribution < -0.4 is 0 Å². The number of hydrogen-bond acceptors (Lipinski definition) is 4. The molecule has 0 amide bonds. The lowest BCUT2D eigenvalue weighted by molar-refractivity contribution is -0.141. The van der Waals surface area contributed by atoms with Gasteiger partial charge in [0, 0.05) is 19.2 Å². The summed E-state index contributed by atoms with van der Waals surface area (Å²) in [5.74, 6) is -0.264. The van der Waals surface area contributed by atoms with E-state index in [-0.39, 0.29) is 12.5 Å². The lowest BCUT2D eigenvalue weighted by Gasteiger charge is -2.14. The molecule has 0 radical (unpaired) electrons. The van der Waals surface area contributed by atoms with Crippen LogP contribution in [0.5, 0.6) is 0 Å². The van der Waals surface area contributed by atoms with Crippen LogP contribution in [0.2, 0.25) is 5.15 Å². The number of aromatic nitrogens is 2. The number of methoxy groups -OCH3 is 1. The van der Waals surface area contributed by atoms with Gasteiger partial charge in [-0.05, 0) is 14.0 Å². The van der Waals surface area contributed by atoms with Crippen molar-refractivity contribution >= 4 is 17.6 Å². The molecule has 90 valence electrons. The maximum atomic E-state index is 11.1. The Kier molecular flexibility index (Phi) is 4.32. The highest BCUT2D eigenvalue weighted by molar-refractivity contribution is 6.30. The standard InChI is InChI=1S/C10H16ClN3O2/c1-7-8(10(11)14(3)12-7)5-13(2)6-9(15)16-4/h5-6H2,1-4H3. The Hall–Kier alpha value is -1.07. The molecule has 0 bridgehead atoms. The van der Waals surface area contributed by atoms with Crippen LogP contribution in [0.25, 0.3) is 0 Å². The Morgan fingerprint density at radius 1 is 1.62 bits per heavy atom. The van der Waals surface area contributed by atoms with Crippen molar-refractivity contribution < 1.29 is 9.53 Å². The van der Waals surface area contributed by atoms with Crippen LogP contribution in [0.3, 0.4) is 0 Å². The molecule has 16 heavy (non-hydrogen) atoms. The van der Waals surface area contributed by atoms with Gasteiger partial charge in [-0.15, -0.1) is 0 Å². The summed E-state index contributed by atoms with van der Waals surface area (Å²) in [6, 6.07) is 0. The van der Waals surface area contributed by atoms with Crippen molar-refractivity contribution in [3.8, 4) is 0 Å². The van der Waals surface area contributed by atoms with Gasteiger partial charge < -0.3 is 4.74 Å². The van der Waals surface area contributed by atoms with Crippen LogP contribution in [0.4, 0.5) is 0 Å². The number of rotatable bonds is 4. The van der Waals surface area contributed by atoms with E-state index in [0.717, 1.165) is 11.3 Å². The van der Waals surface area contributed by atoms with E-state index in [2.05, 4.69) is 9.84 Å². The lowest BCUT2D eigenvalue weighted by atomic mass is 10.2. The second kappa shape index (κ2) is 5.32. The highest BCUT2D eigenvalue weighted by Crippen LogP contribution is 2.19. The fourth-order valence-electron chi connectivity index (χ4n) is 1.46. The summed E-state index contributed by atoms with van der Waals surface area (Å²) in [6.45, 7) is 2.71. The zero-order chi connectivity index (χ0) is 12.3. The summed E-state index contributed by atoms with van der Waals surface area (Å²) in [5.41, 5.74) is 1.82. The minimum absolute atomic E-state index is 0.237. The van der Waals surface area contributed by atoms with E-state index in [4.69, 9.17) is 11.6 Å². The number of aryl methyl sites for hydroxylation is 2. The second-order valence-corrected chi connectivity index (χ2v) is 4.08. The largest absolute Gasteiger partial charge is 0.468 e. The Labute approximate surface area is 99.9 Å². The number of hydrogen-bond donors (Lipinski definition) is 0. The van der Waals surface area contributed by atoms with Crippen LogP contribution in [-0.4, -0.2) is 41.4 Å². The predicted molar refractivity (Wildman–Crippen MR) is 61.3 cm³/mol. The Morgan fingerprint density at radius 3 is 2.69 bits per heavy atom. The maximum absolute atomic E-state index is 11.1. The smallest absolute Gasteiger partial charge is 0.319 e. The van der Waals surface area contributed by atoms with E-state index in [1.54, 1.807) is 11.7 Å². The van der Waals surface area contributed by atoms with Crippen molar-refractivity contribution in [3.05, 3.63) is 16.4 Å². The summed E-state index contributed by atoms with van der Waals surface area (Å²) < 4.78 is 6.21. The predicted octanol–water partition coefficient (Wildman–Crippen LogP) is 0.987. The first-order valence-corrected chi connectivity index (χ1v) is 5.26. The van der Waals surface area contributed by atoms with Gasteiger partial charge in [0.05, 0.1) is 19.3 Å². The Bertz CT molecular complexity index is 390. The van der Waals surface area contributed by atoms with Crippen molar-refractivity contribution in [2.75, 3.05) is 20.7 Å². The molecule has 0 aliphatic rings. The van der Waals surface area contributed by atoms with Crippen LogP contribution in [0.1, 0.15) is 11.3 Å². The van der Waals surface area contributed by atoms with Gasteiger partial charge in [0.1, 0.15) is 5.15 Å². The second-order valence-electron chi connectivity index (χ2n) is 3.73. The zero-order valence-electron chi connectivity index (χ0n) is 9.95. The van der Waals surface area contributed by atoms with Crippen molar-refractivity contribution in [1.29, 1.82) is 0 Å². The molecule has 1 heterocycles. The molecule has 0 spiro atoms. The van der Waals surface area contributed by atoms with Gasteiger partial charge in [-0.3, -0.25) is 14.4 Å². The fraction of sp³-hybridized carbons (Fsp3) is 0.600. The number of ether oxygens (including phenoxy) is 1. The van der Waals surface area contributed by atoms with Crippen LogP contribution in [-0.2, 0) is 23.1 Å². The molecule has 0 N–H and O–H groups in total. The van der Waals surface area contributed by atoms with Crippen molar-refractivity contribution in [2.24, 2.45) is 7.05 Å². The Morgan fingerprint density at radius 2 is 2.25 bits per heavy atom. The first kappa shape index (κ1) is 13.0. The van der Waals surface area contributed by atoms with E-state index in [9.17, 15) is 4.79 Å². The van der Waals surface area contributed by atoms with Crippen LogP contribution in [0, 0.1) is 6.92 Å². The molecule has 0 saturated carbocycles. The monoisotopic (exact) mass is 245 g/mol. The molecule has 0 aromatic carbocycles. The molecule has 1 aromatic heterocycles. The molecule has 1 rings (SSSR count). The van der Waals surface area contributed by atoms with Gasteiger partial charge in [0.15, 0.2) is 0 Å². The first-order chi connectivity index (χ1) is 7.45. The highest BCUT2D eigenvalue weighted by Gasteiger charge is 2.14. The maximum Gasteiger partial charge on any atom is 0.319 e. The third kappa shape index (κ3) is 2.96. The molecule has 0 saturated heterocycles. The molecular weight excluding hydrogens is 230 g/mol. The molecule has 0 atom stereocenters. The van der Waals surface area contributed by atoms with Crippen molar-refractivity contribution in [2.45, 2.75) is 13.5 Å². The summed E-state index contributed by atoms with van der Waals surface area (Å²) >= 11 is 6.09. The molecule has 0 aliphatic carbocycles. The SMILES string of the molecule is COC(=O)CN(C)Cc1c(C)nn(C)c1Cl. The van der Waals surface area contributed by atoms with Gasteiger partial charge in [-0.1, -0.05) is 11.6 Å². The average Bonchev–Trinajstić information content (AvgIpc) is 2.45. The van der Waals surface area contributed by atoms with E-state index in [1.165, 1.54) is 7.11 Å². The van der Waals surface area contributed by atoms with Gasteiger partial charge >= 0.3 is 5.97 Å². The minimum atomic E-state index is -0.264. The summed E-state index contributed by atoms with van der Waals surface area (Å²) in [7, 11) is 5.00. The Balaban J connectivity index is 2.69. The summed E-state index contributed by atoms with van der Waals surface area (Å²) in [5, 5.41) is 4.81. The van der Waals surface area contributed by atoms with E-state index >= 15 is 0 Å². The van der Waals surface area contributed by atoms with Crippen LogP contribution in [0.15, 0.2) is 0 Å². The van der Waals surface area contributed by atoms with E-state index in [1.807, 2.05) is 18.9 Å². The van der Waals surface area contributed by atoms with E-state index < -0.39 is 0 Å². The number of carbonyl (C=O) groups is 1. The number of carbonyl (C=O) groups excluding carboxylic acids is 1. The third-order valence-corrected chi connectivity index (χ3v) is 2.80. The molecule has 6 heteroatoms. The normalized spacial score (nSPS) is 10.9. The van der Waals surface area contributed by atoms with Crippen molar-refractivity contribution in [3.63, 3.8) is 0 Å². The van der Waals surface area contributed by atoms with Gasteiger partial charge in [0.2, 0.25) is 0 Å². The molecule has 5 nitrogen and oxygen atoms in total. The number of nitrogens with zero attached hydrogens (tertiary/aromatic N) is 3. The van der Waals surface area contributed by atoms with Gasteiger partial charge in [-0.2, -0.15) is 5.10 Å². The zero-order valence-corrected chi connectivity index (χ0v) is 10.7. The third-order valence-electron chi connectivity index (χ3n) is 2.32. The molecule has 0 aliphatic heterocycles. The first-order valence-electron chi connectivity index (χ1n) is 4.89. The van der Waals surface area contributed by atoms with E-state index in [0.29, 0.717) is 11.7 Å². The topological polar surface area (TPSA) is 47.4 Å². The molecular formula is C10H16ClN3O2. The number of halogens is 1. The fourth-order valence-corrected chi connectivity index (χ4v) is 1.70. The molecule has 1 aromatic rings. The van der Waals surface area contributed by atoms with Crippen molar-refractivity contribution in [1.82, 2.24) is 14.7 Å². The lowest BCUT2D eigenvalue weighted by Crippen LogP contribution is -2.26. The number of likely N-dealkylation sites (N-methyl/N-ethyl adjacent to an activating group) is 1. The molecule has 0 unspecified atom stereocenters. The quantitative estimate of drug-likeness (QED) is 0.743. The van der Waals surface area contributed by atoms with Crippen LogP contribution >= 0.6 is 11.6 Å². The van der Waals surface area contributed by atoms with Gasteiger partial charge in [-0.25, -0.2) is 0 Å². The number of esters is 1.